The first-order chi connectivity index (χ1) is 7.04. The van der Waals surface area contributed by atoms with E-state index in [1.165, 1.54) is 0 Å². The summed E-state index contributed by atoms with van der Waals surface area (Å²) in [6.07, 6.45) is 0.469. The van der Waals surface area contributed by atoms with Crippen LogP contribution in [0.25, 0.3) is 0 Å². The highest BCUT2D eigenvalue weighted by molar-refractivity contribution is 7.74. The SMILES string of the molecule is CCOP(=O)(CCCOS(=O)[O-])OCC. The summed E-state index contributed by atoms with van der Waals surface area (Å²) >= 11 is -2.52. The maximum atomic E-state index is 11.8. The van der Waals surface area contributed by atoms with Crippen LogP contribution in [0.5, 0.6) is 0 Å². The topological polar surface area (TPSA) is 84.9 Å². The van der Waals surface area contributed by atoms with Gasteiger partial charge in [0, 0.05) is 0 Å². The second-order valence-corrected chi connectivity index (χ2v) is 5.38. The van der Waals surface area contributed by atoms with Gasteiger partial charge in [0.1, 0.15) is 0 Å². The molecule has 6 nitrogen and oxygen atoms in total. The predicted octanol–water partition coefficient (Wildman–Crippen LogP) is 1.45. The van der Waals surface area contributed by atoms with E-state index < -0.39 is 19.0 Å². The van der Waals surface area contributed by atoms with Crippen LogP contribution in [0.2, 0.25) is 0 Å². The predicted molar refractivity (Wildman–Crippen MR) is 55.2 cm³/mol. The summed E-state index contributed by atoms with van der Waals surface area (Å²) in [4.78, 5) is 0. The maximum absolute atomic E-state index is 11.8. The van der Waals surface area contributed by atoms with Crippen molar-refractivity contribution in [1.82, 2.24) is 0 Å². The van der Waals surface area contributed by atoms with Crippen LogP contribution in [-0.4, -0.2) is 34.7 Å². The molecule has 0 heterocycles. The molecule has 0 aromatic carbocycles. The van der Waals surface area contributed by atoms with Crippen molar-refractivity contribution in [3.63, 3.8) is 0 Å². The van der Waals surface area contributed by atoms with Gasteiger partial charge in [-0.1, -0.05) is 0 Å². The van der Waals surface area contributed by atoms with Gasteiger partial charge in [0.15, 0.2) is 0 Å². The molecule has 8 heteroatoms. The third-order valence-corrected chi connectivity index (χ3v) is 3.93. The Morgan fingerprint density at radius 2 is 1.80 bits per heavy atom. The normalized spacial score (nSPS) is 14.1. The summed E-state index contributed by atoms with van der Waals surface area (Å²) in [6.45, 7) is 4.02. The van der Waals surface area contributed by atoms with Crippen LogP contribution in [0.15, 0.2) is 0 Å². The van der Waals surface area contributed by atoms with E-state index >= 15 is 0 Å². The standard InChI is InChI=1S/C7H17O6PS/c1-3-11-14(8,12-4-2)7-5-6-13-15(9)10/h3-7H2,1-2H3,(H,9,10)/p-1. The van der Waals surface area contributed by atoms with Gasteiger partial charge in [0.2, 0.25) is 0 Å². The molecule has 0 N–H and O–H groups in total. The molecule has 0 fully saturated rings. The zero-order chi connectivity index (χ0) is 11.7. The largest absolute Gasteiger partial charge is 0.750 e. The molecule has 0 bridgehead atoms. The molecule has 1 unspecified atom stereocenters. The van der Waals surface area contributed by atoms with Crippen molar-refractivity contribution in [3.8, 4) is 0 Å². The molecule has 0 saturated carbocycles. The zero-order valence-electron chi connectivity index (χ0n) is 8.84. The highest BCUT2D eigenvalue weighted by atomic mass is 32.2. The fraction of sp³-hybridized carbons (Fsp3) is 1.00. The van der Waals surface area contributed by atoms with Crippen LogP contribution in [-0.2, 0) is 29.2 Å². The molecular formula is C7H16O6PS-. The van der Waals surface area contributed by atoms with Gasteiger partial charge in [-0.2, -0.15) is 0 Å². The van der Waals surface area contributed by atoms with E-state index in [0.29, 0.717) is 19.6 Å². The molecule has 0 saturated heterocycles. The van der Waals surface area contributed by atoms with Crippen molar-refractivity contribution in [2.24, 2.45) is 0 Å². The van der Waals surface area contributed by atoms with Crippen molar-refractivity contribution in [1.29, 1.82) is 0 Å². The van der Waals surface area contributed by atoms with Gasteiger partial charge in [0.05, 0.1) is 37.3 Å². The first-order valence-electron chi connectivity index (χ1n) is 4.64. The molecule has 92 valence electrons. The number of rotatable bonds is 9. The van der Waals surface area contributed by atoms with Crippen LogP contribution >= 0.6 is 7.60 Å². The van der Waals surface area contributed by atoms with Crippen LogP contribution in [0.3, 0.4) is 0 Å². The lowest BCUT2D eigenvalue weighted by Gasteiger charge is -2.16. The van der Waals surface area contributed by atoms with Crippen LogP contribution < -0.4 is 0 Å². The van der Waals surface area contributed by atoms with E-state index in [2.05, 4.69) is 4.18 Å². The highest BCUT2D eigenvalue weighted by Gasteiger charge is 2.22. The van der Waals surface area contributed by atoms with Gasteiger partial charge >= 0.3 is 7.60 Å². The Morgan fingerprint density at radius 3 is 2.20 bits per heavy atom. The maximum Gasteiger partial charge on any atom is 0.330 e. The Kier molecular flexibility index (Phi) is 8.50. The summed E-state index contributed by atoms with van der Waals surface area (Å²) in [5.41, 5.74) is 0. The van der Waals surface area contributed by atoms with Crippen LogP contribution in [0, 0.1) is 0 Å². The number of hydrogen-bond donors (Lipinski definition) is 0. The summed E-state index contributed by atoms with van der Waals surface area (Å²) in [5.74, 6) is 0. The lowest BCUT2D eigenvalue weighted by molar-refractivity contribution is 0.216. The average Bonchev–Trinajstić information content (AvgIpc) is 2.13. The molecular weight excluding hydrogens is 243 g/mol. The van der Waals surface area contributed by atoms with Crippen molar-refractivity contribution in [2.75, 3.05) is 26.0 Å². The monoisotopic (exact) mass is 259 g/mol. The molecule has 0 radical (unpaired) electrons. The Bertz CT molecular complexity index is 224. The van der Waals surface area contributed by atoms with Crippen molar-refractivity contribution >= 4 is 19.0 Å². The third-order valence-electron chi connectivity index (χ3n) is 1.41. The second-order valence-electron chi connectivity index (χ2n) is 2.55. The van der Waals surface area contributed by atoms with Gasteiger partial charge in [-0.3, -0.25) is 4.57 Å². The molecule has 0 rings (SSSR count). The van der Waals surface area contributed by atoms with E-state index in [-0.39, 0.29) is 12.8 Å². The van der Waals surface area contributed by atoms with E-state index in [1.54, 1.807) is 13.8 Å². The average molecular weight is 259 g/mol. The minimum Gasteiger partial charge on any atom is -0.750 e. The summed E-state index contributed by atoms with van der Waals surface area (Å²) in [5, 5.41) is 0. The summed E-state index contributed by atoms with van der Waals surface area (Å²) in [6, 6.07) is 0. The summed E-state index contributed by atoms with van der Waals surface area (Å²) < 4.78 is 46.1. The lowest BCUT2D eigenvalue weighted by atomic mass is 10.5. The van der Waals surface area contributed by atoms with Gasteiger partial charge in [-0.25, -0.2) is 4.21 Å². The smallest absolute Gasteiger partial charge is 0.330 e. The minimum absolute atomic E-state index is 0.0136. The summed E-state index contributed by atoms with van der Waals surface area (Å²) in [7, 11) is -3.06. The zero-order valence-corrected chi connectivity index (χ0v) is 10.6. The first kappa shape index (κ1) is 15.2. The van der Waals surface area contributed by atoms with E-state index in [9.17, 15) is 13.3 Å². The first-order valence-corrected chi connectivity index (χ1v) is 7.37. The van der Waals surface area contributed by atoms with Gasteiger partial charge in [-0.15, -0.1) is 0 Å². The molecule has 0 aromatic heterocycles. The molecule has 1 atom stereocenters. The fourth-order valence-electron chi connectivity index (χ4n) is 0.945. The quantitative estimate of drug-likeness (QED) is 0.354. The van der Waals surface area contributed by atoms with Gasteiger partial charge in [0.25, 0.3) is 0 Å². The lowest BCUT2D eigenvalue weighted by Crippen LogP contribution is -2.04. The Hall–Kier alpha value is 0.220. The van der Waals surface area contributed by atoms with E-state index in [1.807, 2.05) is 0 Å². The van der Waals surface area contributed by atoms with E-state index in [0.717, 1.165) is 0 Å². The highest BCUT2D eigenvalue weighted by Crippen LogP contribution is 2.48. The third kappa shape index (κ3) is 8.07. The Labute approximate surface area is 92.3 Å². The Balaban J connectivity index is 3.85. The molecule has 0 aliphatic heterocycles. The van der Waals surface area contributed by atoms with Crippen molar-refractivity contribution in [3.05, 3.63) is 0 Å². The molecule has 0 aromatic rings. The molecule has 0 aliphatic rings. The molecule has 0 aliphatic carbocycles. The van der Waals surface area contributed by atoms with Crippen molar-refractivity contribution in [2.45, 2.75) is 20.3 Å². The fourth-order valence-corrected chi connectivity index (χ4v) is 2.83. The van der Waals surface area contributed by atoms with Gasteiger partial charge in [-0.05, 0) is 20.3 Å². The van der Waals surface area contributed by atoms with E-state index in [4.69, 9.17) is 9.05 Å². The minimum atomic E-state index is -3.06. The van der Waals surface area contributed by atoms with Crippen LogP contribution in [0.4, 0.5) is 0 Å². The molecule has 0 spiro atoms. The van der Waals surface area contributed by atoms with Crippen LogP contribution in [0.1, 0.15) is 20.3 Å². The van der Waals surface area contributed by atoms with Gasteiger partial charge < -0.3 is 17.8 Å². The Morgan fingerprint density at radius 1 is 1.27 bits per heavy atom. The number of hydrogen-bond acceptors (Lipinski definition) is 6. The van der Waals surface area contributed by atoms with Crippen molar-refractivity contribution < 1.29 is 26.6 Å². The molecule has 0 amide bonds. The second kappa shape index (κ2) is 8.38. The molecule has 15 heavy (non-hydrogen) atoms.